The number of hydrogen-bond donors (Lipinski definition) is 1. The predicted octanol–water partition coefficient (Wildman–Crippen LogP) is 3.97. The highest BCUT2D eigenvalue weighted by Gasteiger charge is 2.32. The summed E-state index contributed by atoms with van der Waals surface area (Å²) in [5.41, 5.74) is 4.07. The van der Waals surface area contributed by atoms with E-state index >= 15 is 0 Å². The van der Waals surface area contributed by atoms with Crippen molar-refractivity contribution < 1.29 is 18.0 Å². The van der Waals surface area contributed by atoms with Crippen LogP contribution in [0.25, 0.3) is 0 Å². The highest BCUT2D eigenvalue weighted by molar-refractivity contribution is 7.92. The number of nitrogens with one attached hydrogen (secondary N) is 1. The smallest absolute Gasteiger partial charge is 0.264 e. The van der Waals surface area contributed by atoms with Crippen LogP contribution in [0, 0.1) is 20.8 Å². The minimum absolute atomic E-state index is 0.0908. The van der Waals surface area contributed by atoms with Gasteiger partial charge in [-0.15, -0.1) is 0 Å². The van der Waals surface area contributed by atoms with Crippen molar-refractivity contribution in [3.8, 4) is 0 Å². The maximum Gasteiger partial charge on any atom is 0.264 e. The Morgan fingerprint density at radius 3 is 2.11 bits per heavy atom. The number of likely N-dealkylation sites (N-methyl/N-ethyl adjacent to an activating group) is 1. The fourth-order valence-electron chi connectivity index (χ4n) is 3.82. The zero-order chi connectivity index (χ0) is 26.5. The van der Waals surface area contributed by atoms with Gasteiger partial charge >= 0.3 is 0 Å². The minimum Gasteiger partial charge on any atom is -0.357 e. The first kappa shape index (κ1) is 26.9. The molecule has 0 aliphatic carbocycles. The van der Waals surface area contributed by atoms with Gasteiger partial charge in [0.2, 0.25) is 11.8 Å². The van der Waals surface area contributed by atoms with Crippen LogP contribution in [0.3, 0.4) is 0 Å². The number of anilines is 1. The van der Waals surface area contributed by atoms with Crippen LogP contribution in [0.2, 0.25) is 0 Å². The second-order valence-electron chi connectivity index (χ2n) is 8.89. The van der Waals surface area contributed by atoms with E-state index < -0.39 is 28.5 Å². The van der Waals surface area contributed by atoms with Gasteiger partial charge in [0.25, 0.3) is 10.0 Å². The maximum absolute atomic E-state index is 13.8. The van der Waals surface area contributed by atoms with Crippen LogP contribution < -0.4 is 9.62 Å². The number of carbonyl (C=O) groups is 2. The number of benzene rings is 3. The lowest BCUT2D eigenvalue weighted by molar-refractivity contribution is -0.139. The number of aryl methyl sites for hydroxylation is 3. The Labute approximate surface area is 213 Å². The molecule has 3 rings (SSSR count). The molecule has 3 aromatic carbocycles. The summed E-state index contributed by atoms with van der Waals surface area (Å²) in [6.07, 6.45) is 0. The van der Waals surface area contributed by atoms with Crippen LogP contribution >= 0.6 is 0 Å². The van der Waals surface area contributed by atoms with Gasteiger partial charge in [0.05, 0.1) is 10.6 Å². The Balaban J connectivity index is 2.05. The molecule has 1 N–H and O–H groups in total. The van der Waals surface area contributed by atoms with Crippen molar-refractivity contribution in [3.05, 3.63) is 95.1 Å². The average molecular weight is 508 g/mol. The van der Waals surface area contributed by atoms with E-state index in [0.29, 0.717) is 5.69 Å². The lowest BCUT2D eigenvalue weighted by Gasteiger charge is -2.32. The Morgan fingerprint density at radius 2 is 1.53 bits per heavy atom. The van der Waals surface area contributed by atoms with Gasteiger partial charge in [0.15, 0.2) is 0 Å². The number of carbonyl (C=O) groups excluding carboxylic acids is 2. The summed E-state index contributed by atoms with van der Waals surface area (Å²) in [5.74, 6) is -0.817. The van der Waals surface area contributed by atoms with Crippen LogP contribution in [0.5, 0.6) is 0 Å². The molecular formula is C28H33N3O4S. The summed E-state index contributed by atoms with van der Waals surface area (Å²) >= 11 is 0. The Bertz CT molecular complexity index is 1320. The Kier molecular flexibility index (Phi) is 8.53. The van der Waals surface area contributed by atoms with Gasteiger partial charge in [-0.2, -0.15) is 0 Å². The first-order chi connectivity index (χ1) is 17.0. The number of nitrogens with zero attached hydrogens (tertiary/aromatic N) is 2. The van der Waals surface area contributed by atoms with E-state index in [0.717, 1.165) is 26.6 Å². The van der Waals surface area contributed by atoms with Crippen LogP contribution in [-0.4, -0.2) is 44.8 Å². The van der Waals surface area contributed by atoms with Gasteiger partial charge in [0.1, 0.15) is 12.6 Å². The summed E-state index contributed by atoms with van der Waals surface area (Å²) < 4.78 is 28.7. The number of sulfonamides is 1. The molecule has 0 aromatic heterocycles. The van der Waals surface area contributed by atoms with E-state index in [1.54, 1.807) is 31.2 Å². The number of rotatable bonds is 9. The lowest BCUT2D eigenvalue weighted by atomic mass is 10.1. The van der Waals surface area contributed by atoms with Crippen LogP contribution in [0.15, 0.2) is 77.7 Å². The zero-order valence-corrected chi connectivity index (χ0v) is 22.2. The van der Waals surface area contributed by atoms with Gasteiger partial charge in [-0.25, -0.2) is 8.42 Å². The van der Waals surface area contributed by atoms with Crippen molar-refractivity contribution in [3.63, 3.8) is 0 Å². The molecular weight excluding hydrogens is 474 g/mol. The molecule has 3 aromatic rings. The third-order valence-electron chi connectivity index (χ3n) is 6.28. The van der Waals surface area contributed by atoms with Crippen molar-refractivity contribution in [1.29, 1.82) is 0 Å². The van der Waals surface area contributed by atoms with Gasteiger partial charge in [-0.1, -0.05) is 54.1 Å². The summed E-state index contributed by atoms with van der Waals surface area (Å²) in [6.45, 7) is 7.06. The molecule has 0 aliphatic heterocycles. The molecule has 0 radical (unpaired) electrons. The summed E-state index contributed by atoms with van der Waals surface area (Å²) in [6, 6.07) is 20.3. The molecule has 0 fully saturated rings. The van der Waals surface area contributed by atoms with Gasteiger partial charge in [-0.3, -0.25) is 13.9 Å². The normalized spacial score (nSPS) is 12.0. The molecule has 0 aliphatic rings. The molecule has 0 bridgehead atoms. The highest BCUT2D eigenvalue weighted by Crippen LogP contribution is 2.26. The van der Waals surface area contributed by atoms with E-state index in [1.807, 2.05) is 57.2 Å². The molecule has 190 valence electrons. The van der Waals surface area contributed by atoms with Crippen molar-refractivity contribution in [2.24, 2.45) is 0 Å². The molecule has 2 amide bonds. The van der Waals surface area contributed by atoms with Crippen LogP contribution in [-0.2, 0) is 26.2 Å². The third-order valence-corrected chi connectivity index (χ3v) is 8.06. The van der Waals surface area contributed by atoms with E-state index in [4.69, 9.17) is 0 Å². The van der Waals surface area contributed by atoms with Crippen LogP contribution in [0.1, 0.15) is 29.2 Å². The summed E-state index contributed by atoms with van der Waals surface area (Å²) in [4.78, 5) is 27.7. The second kappa shape index (κ2) is 11.4. The van der Waals surface area contributed by atoms with E-state index in [-0.39, 0.29) is 17.3 Å². The molecule has 0 spiro atoms. The molecule has 7 nitrogen and oxygen atoms in total. The molecule has 1 atom stereocenters. The molecule has 0 saturated heterocycles. The second-order valence-corrected chi connectivity index (χ2v) is 10.8. The molecule has 8 heteroatoms. The fourth-order valence-corrected chi connectivity index (χ4v) is 5.22. The lowest BCUT2D eigenvalue weighted by Crippen LogP contribution is -2.50. The monoisotopic (exact) mass is 507 g/mol. The average Bonchev–Trinajstić information content (AvgIpc) is 2.87. The van der Waals surface area contributed by atoms with Crippen molar-refractivity contribution in [2.75, 3.05) is 17.9 Å². The molecule has 0 unspecified atom stereocenters. The highest BCUT2D eigenvalue weighted by atomic mass is 32.2. The summed E-state index contributed by atoms with van der Waals surface area (Å²) in [7, 11) is -2.56. The largest absolute Gasteiger partial charge is 0.357 e. The first-order valence-corrected chi connectivity index (χ1v) is 13.2. The number of hydrogen-bond acceptors (Lipinski definition) is 4. The Hall–Kier alpha value is -3.65. The minimum atomic E-state index is -4.07. The van der Waals surface area contributed by atoms with Gasteiger partial charge < -0.3 is 10.2 Å². The standard InChI is InChI=1S/C28H33N3O4S/c1-20-11-15-26(16-12-20)36(34,35)31(25-14-13-21(2)22(3)17-25)19-27(32)30(23(4)28(33)29-5)18-24-9-7-6-8-10-24/h6-17,23H,18-19H2,1-5H3,(H,29,33)/t23-/m0/s1. The zero-order valence-electron chi connectivity index (χ0n) is 21.4. The topological polar surface area (TPSA) is 86.8 Å². The van der Waals surface area contributed by atoms with E-state index in [9.17, 15) is 18.0 Å². The molecule has 0 heterocycles. The first-order valence-electron chi connectivity index (χ1n) is 11.8. The quantitative estimate of drug-likeness (QED) is 0.475. The number of amides is 2. The summed E-state index contributed by atoms with van der Waals surface area (Å²) in [5, 5.41) is 2.58. The van der Waals surface area contributed by atoms with Crippen molar-refractivity contribution in [1.82, 2.24) is 10.2 Å². The predicted molar refractivity (Wildman–Crippen MR) is 142 cm³/mol. The fraction of sp³-hybridized carbons (Fsp3) is 0.286. The van der Waals surface area contributed by atoms with Crippen molar-refractivity contribution in [2.45, 2.75) is 45.2 Å². The van der Waals surface area contributed by atoms with Gasteiger partial charge in [-0.05, 0) is 68.7 Å². The maximum atomic E-state index is 13.8. The van der Waals surface area contributed by atoms with Crippen molar-refractivity contribution >= 4 is 27.5 Å². The third kappa shape index (κ3) is 6.12. The van der Waals surface area contributed by atoms with E-state index in [2.05, 4.69) is 5.32 Å². The van der Waals surface area contributed by atoms with E-state index in [1.165, 1.54) is 24.1 Å². The molecule has 36 heavy (non-hydrogen) atoms. The Morgan fingerprint density at radius 1 is 0.889 bits per heavy atom. The van der Waals surface area contributed by atoms with Gasteiger partial charge in [0, 0.05) is 13.6 Å². The molecule has 0 saturated carbocycles. The van der Waals surface area contributed by atoms with Crippen LogP contribution in [0.4, 0.5) is 5.69 Å². The SMILES string of the molecule is CNC(=O)[C@H](C)N(Cc1ccccc1)C(=O)CN(c1ccc(C)c(C)c1)S(=O)(=O)c1ccc(C)cc1.